The van der Waals surface area contributed by atoms with Crippen LogP contribution in [-0.4, -0.2) is 26.3 Å². The van der Waals surface area contributed by atoms with Crippen LogP contribution >= 0.6 is 0 Å². The Morgan fingerprint density at radius 2 is 1.94 bits per heavy atom. The van der Waals surface area contributed by atoms with Crippen LogP contribution < -0.4 is 5.32 Å². The summed E-state index contributed by atoms with van der Waals surface area (Å²) in [4.78, 5) is 0. The van der Waals surface area contributed by atoms with Crippen LogP contribution in [0.1, 0.15) is 53.4 Å². The Balaban J connectivity index is 2.23. The second-order valence-electron chi connectivity index (χ2n) is 6.40. The van der Waals surface area contributed by atoms with E-state index in [1.54, 1.807) is 0 Å². The molecule has 0 saturated carbocycles. The van der Waals surface area contributed by atoms with E-state index >= 15 is 0 Å². The van der Waals surface area contributed by atoms with E-state index in [0.29, 0.717) is 5.41 Å². The van der Waals surface area contributed by atoms with Gasteiger partial charge in [-0.25, -0.2) is 0 Å². The second-order valence-corrected chi connectivity index (χ2v) is 6.40. The number of hydrogen-bond acceptors (Lipinski definition) is 2. The predicted octanol–water partition coefficient (Wildman–Crippen LogP) is 3.47. The lowest BCUT2D eigenvalue weighted by Gasteiger charge is -2.37. The lowest BCUT2D eigenvalue weighted by molar-refractivity contribution is 0.0226. The molecule has 0 aliphatic carbocycles. The molecule has 102 valence electrons. The third-order valence-corrected chi connectivity index (χ3v) is 4.18. The van der Waals surface area contributed by atoms with E-state index in [1.807, 2.05) is 0 Å². The minimum atomic E-state index is 0.412. The van der Waals surface area contributed by atoms with Gasteiger partial charge in [0, 0.05) is 19.8 Å². The Labute approximate surface area is 108 Å². The van der Waals surface area contributed by atoms with Crippen LogP contribution in [0.3, 0.4) is 0 Å². The van der Waals surface area contributed by atoms with Gasteiger partial charge in [0.15, 0.2) is 0 Å². The molecule has 0 aromatic heterocycles. The fourth-order valence-corrected chi connectivity index (χ4v) is 2.86. The summed E-state index contributed by atoms with van der Waals surface area (Å²) in [5.74, 6) is 1.63. The molecule has 0 radical (unpaired) electrons. The Morgan fingerprint density at radius 1 is 1.29 bits per heavy atom. The molecule has 0 spiro atoms. The lowest BCUT2D eigenvalue weighted by Crippen LogP contribution is -2.39. The van der Waals surface area contributed by atoms with Crippen molar-refractivity contribution in [2.45, 2.75) is 53.4 Å². The molecule has 0 aromatic carbocycles. The highest BCUT2D eigenvalue weighted by molar-refractivity contribution is 4.82. The molecule has 0 aromatic rings. The molecule has 1 rings (SSSR count). The van der Waals surface area contributed by atoms with Crippen LogP contribution in [-0.2, 0) is 4.74 Å². The van der Waals surface area contributed by atoms with Crippen molar-refractivity contribution in [1.29, 1.82) is 0 Å². The van der Waals surface area contributed by atoms with Gasteiger partial charge in [0.05, 0.1) is 0 Å². The highest BCUT2D eigenvalue weighted by Gasteiger charge is 2.30. The van der Waals surface area contributed by atoms with Crippen molar-refractivity contribution in [3.63, 3.8) is 0 Å². The first-order chi connectivity index (χ1) is 8.06. The Hall–Kier alpha value is -0.0800. The van der Waals surface area contributed by atoms with Gasteiger partial charge in [-0.05, 0) is 43.1 Å². The van der Waals surface area contributed by atoms with Gasteiger partial charge in [0.1, 0.15) is 0 Å². The average Bonchev–Trinajstić information content (AvgIpc) is 2.30. The summed E-state index contributed by atoms with van der Waals surface area (Å²) >= 11 is 0. The molecule has 1 unspecified atom stereocenters. The smallest absolute Gasteiger partial charge is 0.0468 e. The van der Waals surface area contributed by atoms with Crippen LogP contribution in [0.25, 0.3) is 0 Å². The topological polar surface area (TPSA) is 21.3 Å². The van der Waals surface area contributed by atoms with E-state index in [1.165, 1.54) is 32.2 Å². The van der Waals surface area contributed by atoms with Crippen molar-refractivity contribution in [3.05, 3.63) is 0 Å². The van der Waals surface area contributed by atoms with E-state index in [9.17, 15) is 0 Å². The SMILES string of the molecule is CCCC(C)CNCC(C)(C)C1CCOCC1. The van der Waals surface area contributed by atoms with Gasteiger partial charge in [-0.15, -0.1) is 0 Å². The zero-order valence-corrected chi connectivity index (χ0v) is 12.2. The number of nitrogens with one attached hydrogen (secondary N) is 1. The molecule has 1 atom stereocenters. The molecule has 0 amide bonds. The van der Waals surface area contributed by atoms with Crippen molar-refractivity contribution in [2.75, 3.05) is 26.3 Å². The summed E-state index contributed by atoms with van der Waals surface area (Å²) in [6.07, 6.45) is 5.11. The van der Waals surface area contributed by atoms with E-state index in [4.69, 9.17) is 4.74 Å². The fourth-order valence-electron chi connectivity index (χ4n) is 2.86. The van der Waals surface area contributed by atoms with Crippen molar-refractivity contribution < 1.29 is 4.74 Å². The highest BCUT2D eigenvalue weighted by atomic mass is 16.5. The van der Waals surface area contributed by atoms with E-state index in [-0.39, 0.29) is 0 Å². The maximum absolute atomic E-state index is 5.45. The molecule has 1 aliphatic heterocycles. The summed E-state index contributed by atoms with van der Waals surface area (Å²) in [6.45, 7) is 13.6. The standard InChI is InChI=1S/C15H31NO/c1-5-6-13(2)11-16-12-15(3,4)14-7-9-17-10-8-14/h13-14,16H,5-12H2,1-4H3. The fraction of sp³-hybridized carbons (Fsp3) is 1.00. The molecule has 2 heteroatoms. The van der Waals surface area contributed by atoms with Crippen LogP contribution in [0, 0.1) is 17.3 Å². The molecule has 1 N–H and O–H groups in total. The van der Waals surface area contributed by atoms with Gasteiger partial charge in [0.2, 0.25) is 0 Å². The van der Waals surface area contributed by atoms with Gasteiger partial charge in [0.25, 0.3) is 0 Å². The van der Waals surface area contributed by atoms with Crippen molar-refractivity contribution in [3.8, 4) is 0 Å². The number of rotatable bonds is 7. The number of hydrogen-bond donors (Lipinski definition) is 1. The minimum Gasteiger partial charge on any atom is -0.381 e. The first-order valence-corrected chi connectivity index (χ1v) is 7.34. The van der Waals surface area contributed by atoms with Crippen molar-refractivity contribution >= 4 is 0 Å². The van der Waals surface area contributed by atoms with Crippen LogP contribution in [0.2, 0.25) is 0 Å². The minimum absolute atomic E-state index is 0.412. The van der Waals surface area contributed by atoms with E-state index < -0.39 is 0 Å². The largest absolute Gasteiger partial charge is 0.381 e. The molecule has 1 aliphatic rings. The highest BCUT2D eigenvalue weighted by Crippen LogP contribution is 2.33. The average molecular weight is 241 g/mol. The van der Waals surface area contributed by atoms with Crippen molar-refractivity contribution in [2.24, 2.45) is 17.3 Å². The zero-order valence-electron chi connectivity index (χ0n) is 12.2. The second kappa shape index (κ2) is 7.38. The summed E-state index contributed by atoms with van der Waals surface area (Å²) in [5, 5.41) is 3.67. The quantitative estimate of drug-likeness (QED) is 0.737. The number of ether oxygens (including phenoxy) is 1. The molecule has 17 heavy (non-hydrogen) atoms. The summed E-state index contributed by atoms with van der Waals surface area (Å²) in [6, 6.07) is 0. The van der Waals surface area contributed by atoms with E-state index in [0.717, 1.165) is 31.6 Å². The Bertz CT molecular complexity index is 197. The predicted molar refractivity (Wildman–Crippen MR) is 74.3 cm³/mol. The molecule has 1 saturated heterocycles. The Kier molecular flexibility index (Phi) is 6.50. The van der Waals surface area contributed by atoms with Crippen LogP contribution in [0.5, 0.6) is 0 Å². The van der Waals surface area contributed by atoms with Crippen LogP contribution in [0.4, 0.5) is 0 Å². The molecule has 0 bridgehead atoms. The van der Waals surface area contributed by atoms with Gasteiger partial charge < -0.3 is 10.1 Å². The zero-order chi connectivity index (χ0) is 12.7. The lowest BCUT2D eigenvalue weighted by atomic mass is 9.74. The van der Waals surface area contributed by atoms with Gasteiger partial charge in [-0.3, -0.25) is 0 Å². The Morgan fingerprint density at radius 3 is 2.53 bits per heavy atom. The summed E-state index contributed by atoms with van der Waals surface area (Å²) in [7, 11) is 0. The normalized spacial score (nSPS) is 20.5. The molecule has 2 nitrogen and oxygen atoms in total. The maximum Gasteiger partial charge on any atom is 0.0468 e. The van der Waals surface area contributed by atoms with Gasteiger partial charge >= 0.3 is 0 Å². The molecule has 1 heterocycles. The maximum atomic E-state index is 5.45. The van der Waals surface area contributed by atoms with Crippen LogP contribution in [0.15, 0.2) is 0 Å². The molecular formula is C15H31NO. The summed E-state index contributed by atoms with van der Waals surface area (Å²) < 4.78 is 5.45. The first kappa shape index (κ1) is 15.0. The molecule has 1 fully saturated rings. The monoisotopic (exact) mass is 241 g/mol. The molecular weight excluding hydrogens is 210 g/mol. The first-order valence-electron chi connectivity index (χ1n) is 7.34. The van der Waals surface area contributed by atoms with Gasteiger partial charge in [-0.1, -0.05) is 34.1 Å². The van der Waals surface area contributed by atoms with E-state index in [2.05, 4.69) is 33.0 Å². The summed E-state index contributed by atoms with van der Waals surface area (Å²) in [5.41, 5.74) is 0.412. The third-order valence-electron chi connectivity index (χ3n) is 4.18. The van der Waals surface area contributed by atoms with Gasteiger partial charge in [-0.2, -0.15) is 0 Å². The van der Waals surface area contributed by atoms with Crippen molar-refractivity contribution in [1.82, 2.24) is 5.32 Å². The third kappa shape index (κ3) is 5.39.